The highest BCUT2D eigenvalue weighted by atomic mass is 16.5. The van der Waals surface area contributed by atoms with Gasteiger partial charge in [-0.15, -0.1) is 0 Å². The molecule has 0 saturated carbocycles. The van der Waals surface area contributed by atoms with Crippen molar-refractivity contribution in [2.45, 2.75) is 18.9 Å². The molecule has 0 aliphatic carbocycles. The Morgan fingerprint density at radius 3 is 2.82 bits per heavy atom. The Balaban J connectivity index is 1.88. The molecular formula is C16H23N3O3. The highest BCUT2D eigenvalue weighted by molar-refractivity contribution is 6.01. The number of nitrogens with one attached hydrogen (secondary N) is 1. The summed E-state index contributed by atoms with van der Waals surface area (Å²) in [6, 6.07) is 7.33. The maximum absolute atomic E-state index is 12.3. The SMILES string of the molecule is CN(C)CCCNC(=O)CC1Oc2ccccc2N(C)C1=O. The summed E-state index contributed by atoms with van der Waals surface area (Å²) in [6.07, 6.45) is 0.161. The molecule has 1 aliphatic rings. The van der Waals surface area contributed by atoms with E-state index in [0.717, 1.165) is 18.7 Å². The van der Waals surface area contributed by atoms with E-state index in [1.54, 1.807) is 18.0 Å². The van der Waals surface area contributed by atoms with Crippen LogP contribution >= 0.6 is 0 Å². The summed E-state index contributed by atoms with van der Waals surface area (Å²) < 4.78 is 5.67. The van der Waals surface area contributed by atoms with Gasteiger partial charge in [0.1, 0.15) is 5.75 Å². The molecular weight excluding hydrogens is 282 g/mol. The second-order valence-corrected chi connectivity index (χ2v) is 5.68. The molecule has 22 heavy (non-hydrogen) atoms. The van der Waals surface area contributed by atoms with Crippen molar-refractivity contribution in [1.29, 1.82) is 0 Å². The van der Waals surface area contributed by atoms with Crippen molar-refractivity contribution in [3.05, 3.63) is 24.3 Å². The van der Waals surface area contributed by atoms with E-state index in [2.05, 4.69) is 10.2 Å². The first-order valence-corrected chi connectivity index (χ1v) is 7.43. The summed E-state index contributed by atoms with van der Waals surface area (Å²) in [5.74, 6) is 0.280. The molecule has 2 amide bonds. The minimum Gasteiger partial charge on any atom is -0.478 e. The number of para-hydroxylation sites is 2. The van der Waals surface area contributed by atoms with Gasteiger partial charge in [0.25, 0.3) is 5.91 Å². The molecule has 120 valence electrons. The number of hydrogen-bond acceptors (Lipinski definition) is 4. The van der Waals surface area contributed by atoms with Crippen molar-refractivity contribution in [3.8, 4) is 5.75 Å². The van der Waals surface area contributed by atoms with Crippen LogP contribution in [0.2, 0.25) is 0 Å². The van der Waals surface area contributed by atoms with Gasteiger partial charge in [0, 0.05) is 13.6 Å². The van der Waals surface area contributed by atoms with Gasteiger partial charge in [0.2, 0.25) is 5.91 Å². The minimum absolute atomic E-state index is 0.0411. The van der Waals surface area contributed by atoms with Crippen LogP contribution in [0.5, 0.6) is 5.75 Å². The maximum Gasteiger partial charge on any atom is 0.268 e. The van der Waals surface area contributed by atoms with Gasteiger partial charge < -0.3 is 19.9 Å². The monoisotopic (exact) mass is 305 g/mol. The topological polar surface area (TPSA) is 61.9 Å². The van der Waals surface area contributed by atoms with Crippen molar-refractivity contribution in [1.82, 2.24) is 10.2 Å². The Hall–Kier alpha value is -2.08. The fourth-order valence-corrected chi connectivity index (χ4v) is 2.36. The first-order chi connectivity index (χ1) is 10.5. The molecule has 1 N–H and O–H groups in total. The zero-order valence-electron chi connectivity index (χ0n) is 13.3. The predicted octanol–water partition coefficient (Wildman–Crippen LogP) is 0.868. The maximum atomic E-state index is 12.3. The Kier molecular flexibility index (Phi) is 5.38. The van der Waals surface area contributed by atoms with Crippen molar-refractivity contribution < 1.29 is 14.3 Å². The molecule has 1 aliphatic heterocycles. The van der Waals surface area contributed by atoms with E-state index in [1.165, 1.54) is 0 Å². The van der Waals surface area contributed by atoms with Gasteiger partial charge in [-0.1, -0.05) is 12.1 Å². The average Bonchev–Trinajstić information content (AvgIpc) is 2.49. The van der Waals surface area contributed by atoms with Crippen LogP contribution in [0.1, 0.15) is 12.8 Å². The lowest BCUT2D eigenvalue weighted by Crippen LogP contribution is -2.46. The van der Waals surface area contributed by atoms with Crippen LogP contribution in [-0.2, 0) is 9.59 Å². The molecule has 6 nitrogen and oxygen atoms in total. The summed E-state index contributed by atoms with van der Waals surface area (Å²) in [5, 5.41) is 2.83. The van der Waals surface area contributed by atoms with Crippen LogP contribution < -0.4 is 15.0 Å². The highest BCUT2D eigenvalue weighted by Gasteiger charge is 2.33. The van der Waals surface area contributed by atoms with E-state index < -0.39 is 6.10 Å². The summed E-state index contributed by atoms with van der Waals surface area (Å²) >= 11 is 0. The largest absolute Gasteiger partial charge is 0.478 e. The van der Waals surface area contributed by atoms with Crippen molar-refractivity contribution in [2.75, 3.05) is 39.1 Å². The normalized spacial score (nSPS) is 17.2. The number of anilines is 1. The second-order valence-electron chi connectivity index (χ2n) is 5.68. The molecule has 0 saturated heterocycles. The fraction of sp³-hybridized carbons (Fsp3) is 0.500. The van der Waals surface area contributed by atoms with Gasteiger partial charge in [0.05, 0.1) is 12.1 Å². The number of benzene rings is 1. The molecule has 2 rings (SSSR count). The summed E-state index contributed by atoms with van der Waals surface area (Å²) in [6.45, 7) is 1.51. The molecule has 0 radical (unpaired) electrons. The number of fused-ring (bicyclic) bond motifs is 1. The molecule has 1 aromatic rings. The van der Waals surface area contributed by atoms with E-state index in [4.69, 9.17) is 4.74 Å². The number of likely N-dealkylation sites (N-methyl/N-ethyl adjacent to an activating group) is 1. The molecule has 1 aromatic carbocycles. The standard InChI is InChI=1S/C16H23N3O3/c1-18(2)10-6-9-17-15(20)11-14-16(21)19(3)12-7-4-5-8-13(12)22-14/h4-5,7-8,14H,6,9-11H2,1-3H3,(H,17,20). The number of rotatable bonds is 6. The number of amides is 2. The van der Waals surface area contributed by atoms with Crippen LogP contribution in [0, 0.1) is 0 Å². The lowest BCUT2D eigenvalue weighted by molar-refractivity contribution is -0.132. The van der Waals surface area contributed by atoms with Gasteiger partial charge in [-0.05, 0) is 39.2 Å². The molecule has 1 unspecified atom stereocenters. The molecule has 0 bridgehead atoms. The first kappa shape index (κ1) is 16.3. The first-order valence-electron chi connectivity index (χ1n) is 7.43. The lowest BCUT2D eigenvalue weighted by Gasteiger charge is -2.31. The van der Waals surface area contributed by atoms with Gasteiger partial charge in [0.15, 0.2) is 6.10 Å². The molecule has 0 fully saturated rings. The smallest absolute Gasteiger partial charge is 0.268 e. The quantitative estimate of drug-likeness (QED) is 0.792. The molecule has 0 aromatic heterocycles. The highest BCUT2D eigenvalue weighted by Crippen LogP contribution is 2.33. The Morgan fingerprint density at radius 1 is 1.36 bits per heavy atom. The van der Waals surface area contributed by atoms with Crippen molar-refractivity contribution >= 4 is 17.5 Å². The van der Waals surface area contributed by atoms with Crippen LogP contribution in [0.15, 0.2) is 24.3 Å². The van der Waals surface area contributed by atoms with E-state index in [9.17, 15) is 9.59 Å². The average molecular weight is 305 g/mol. The van der Waals surface area contributed by atoms with E-state index in [1.807, 2.05) is 32.3 Å². The van der Waals surface area contributed by atoms with Gasteiger partial charge in [-0.3, -0.25) is 9.59 Å². The summed E-state index contributed by atoms with van der Waals surface area (Å²) in [4.78, 5) is 27.8. The third kappa shape index (κ3) is 3.98. The zero-order chi connectivity index (χ0) is 16.1. The Bertz CT molecular complexity index is 545. The third-order valence-corrected chi connectivity index (χ3v) is 3.58. The Labute approximate surface area is 131 Å². The van der Waals surface area contributed by atoms with E-state index >= 15 is 0 Å². The molecule has 6 heteroatoms. The number of ether oxygens (including phenoxy) is 1. The van der Waals surface area contributed by atoms with Crippen LogP contribution in [0.25, 0.3) is 0 Å². The summed E-state index contributed by atoms with van der Waals surface area (Å²) in [7, 11) is 5.68. The number of hydrogen-bond donors (Lipinski definition) is 1. The fourth-order valence-electron chi connectivity index (χ4n) is 2.36. The molecule has 1 heterocycles. The Morgan fingerprint density at radius 2 is 2.09 bits per heavy atom. The molecule has 0 spiro atoms. The molecule has 1 atom stereocenters. The van der Waals surface area contributed by atoms with Gasteiger partial charge >= 0.3 is 0 Å². The second kappa shape index (κ2) is 7.26. The minimum atomic E-state index is -0.756. The summed E-state index contributed by atoms with van der Waals surface area (Å²) in [5.41, 5.74) is 0.732. The van der Waals surface area contributed by atoms with Crippen LogP contribution in [0.3, 0.4) is 0 Å². The lowest BCUT2D eigenvalue weighted by atomic mass is 10.1. The van der Waals surface area contributed by atoms with E-state index in [0.29, 0.717) is 12.3 Å². The van der Waals surface area contributed by atoms with Crippen molar-refractivity contribution in [2.24, 2.45) is 0 Å². The van der Waals surface area contributed by atoms with Crippen LogP contribution in [-0.4, -0.2) is 57.1 Å². The number of nitrogens with zero attached hydrogens (tertiary/aromatic N) is 2. The number of carbonyl (C=O) groups is 2. The predicted molar refractivity (Wildman–Crippen MR) is 85.1 cm³/mol. The van der Waals surface area contributed by atoms with Gasteiger partial charge in [-0.25, -0.2) is 0 Å². The zero-order valence-corrected chi connectivity index (χ0v) is 13.3. The third-order valence-electron chi connectivity index (χ3n) is 3.58. The number of carbonyl (C=O) groups excluding carboxylic acids is 2. The van der Waals surface area contributed by atoms with Gasteiger partial charge in [-0.2, -0.15) is 0 Å². The van der Waals surface area contributed by atoms with E-state index in [-0.39, 0.29) is 18.2 Å². The van der Waals surface area contributed by atoms with Crippen LogP contribution in [0.4, 0.5) is 5.69 Å². The van der Waals surface area contributed by atoms with Crippen molar-refractivity contribution in [3.63, 3.8) is 0 Å².